The minimum Gasteiger partial charge on any atom is -0.367 e. The van der Waals surface area contributed by atoms with E-state index in [9.17, 15) is 17.6 Å². The number of terminal acetylenes is 1. The van der Waals surface area contributed by atoms with Gasteiger partial charge in [-0.3, -0.25) is 4.79 Å². The first kappa shape index (κ1) is 21.8. The second kappa shape index (κ2) is 9.28. The number of anilines is 1. The van der Waals surface area contributed by atoms with E-state index in [1.54, 1.807) is 6.07 Å². The molecule has 1 amide bonds. The molecule has 0 saturated carbocycles. The summed E-state index contributed by atoms with van der Waals surface area (Å²) in [5, 5.41) is 2.97. The van der Waals surface area contributed by atoms with Crippen LogP contribution >= 0.6 is 0 Å². The van der Waals surface area contributed by atoms with Gasteiger partial charge in [0, 0.05) is 24.7 Å². The third kappa shape index (κ3) is 5.17. The minimum atomic E-state index is -3.70. The maximum absolute atomic E-state index is 14.2. The van der Waals surface area contributed by atoms with E-state index >= 15 is 0 Å². The normalized spacial score (nSPS) is 16.7. The quantitative estimate of drug-likeness (QED) is 0.692. The molecular weight excluding hydrogens is 405 g/mol. The molecule has 1 aliphatic heterocycles. The second-order valence-electron chi connectivity index (χ2n) is 7.27. The van der Waals surface area contributed by atoms with Crippen LogP contribution in [0.2, 0.25) is 0 Å². The number of carbonyl (C=O) groups is 1. The SMILES string of the molecule is C#CCNS(=O)(=O)c1ccc(C(=O)NC2CCCN(c3cc(C)ccc3F)C2)cc1. The van der Waals surface area contributed by atoms with Gasteiger partial charge < -0.3 is 10.2 Å². The number of nitrogens with one attached hydrogen (secondary N) is 2. The van der Waals surface area contributed by atoms with Crippen LogP contribution in [0.5, 0.6) is 0 Å². The molecule has 1 saturated heterocycles. The van der Waals surface area contributed by atoms with Crippen molar-refractivity contribution in [2.45, 2.75) is 30.7 Å². The fraction of sp³-hybridized carbons (Fsp3) is 0.318. The summed E-state index contributed by atoms with van der Waals surface area (Å²) >= 11 is 0. The summed E-state index contributed by atoms with van der Waals surface area (Å²) in [4.78, 5) is 14.6. The highest BCUT2D eigenvalue weighted by molar-refractivity contribution is 7.89. The Hall–Kier alpha value is -2.89. The van der Waals surface area contributed by atoms with Crippen molar-refractivity contribution >= 4 is 21.6 Å². The van der Waals surface area contributed by atoms with Crippen molar-refractivity contribution in [1.82, 2.24) is 10.0 Å². The number of nitrogens with zero attached hydrogens (tertiary/aromatic N) is 1. The summed E-state index contributed by atoms with van der Waals surface area (Å²) in [6, 6.07) is 10.5. The lowest BCUT2D eigenvalue weighted by molar-refractivity contribution is 0.0933. The lowest BCUT2D eigenvalue weighted by atomic mass is 10.0. The molecule has 3 rings (SSSR count). The number of amides is 1. The first-order valence-electron chi connectivity index (χ1n) is 9.65. The number of rotatable bonds is 6. The van der Waals surface area contributed by atoms with E-state index in [-0.39, 0.29) is 29.2 Å². The van der Waals surface area contributed by atoms with Gasteiger partial charge in [-0.25, -0.2) is 12.8 Å². The number of carbonyl (C=O) groups excluding carboxylic acids is 1. The van der Waals surface area contributed by atoms with Gasteiger partial charge in [0.05, 0.1) is 17.1 Å². The molecule has 1 unspecified atom stereocenters. The summed E-state index contributed by atoms with van der Waals surface area (Å²) in [5.41, 5.74) is 1.87. The molecule has 0 aromatic heterocycles. The Bertz CT molecular complexity index is 1060. The summed E-state index contributed by atoms with van der Waals surface area (Å²) in [7, 11) is -3.70. The largest absolute Gasteiger partial charge is 0.367 e. The van der Waals surface area contributed by atoms with Crippen LogP contribution in [0, 0.1) is 25.1 Å². The topological polar surface area (TPSA) is 78.5 Å². The molecule has 6 nitrogen and oxygen atoms in total. The number of piperidine rings is 1. The molecule has 1 heterocycles. The monoisotopic (exact) mass is 429 g/mol. The van der Waals surface area contributed by atoms with Crippen molar-refractivity contribution in [3.8, 4) is 12.3 Å². The number of hydrogen-bond acceptors (Lipinski definition) is 4. The van der Waals surface area contributed by atoms with Crippen molar-refractivity contribution in [3.05, 3.63) is 59.4 Å². The fourth-order valence-corrected chi connectivity index (χ4v) is 4.39. The predicted octanol–water partition coefficient (Wildman–Crippen LogP) is 2.44. The molecular formula is C22H24FN3O3S. The third-order valence-electron chi connectivity index (χ3n) is 4.99. The molecule has 0 radical (unpaired) electrons. The van der Waals surface area contributed by atoms with Crippen molar-refractivity contribution in [3.63, 3.8) is 0 Å². The zero-order chi connectivity index (χ0) is 21.7. The average Bonchev–Trinajstić information content (AvgIpc) is 2.74. The Morgan fingerprint density at radius 2 is 2.00 bits per heavy atom. The molecule has 8 heteroatoms. The van der Waals surface area contributed by atoms with Gasteiger partial charge in [-0.05, 0) is 61.7 Å². The van der Waals surface area contributed by atoms with Gasteiger partial charge in [0.1, 0.15) is 5.82 Å². The highest BCUT2D eigenvalue weighted by Crippen LogP contribution is 2.24. The summed E-state index contributed by atoms with van der Waals surface area (Å²) in [6.07, 6.45) is 6.69. The maximum atomic E-state index is 14.2. The average molecular weight is 430 g/mol. The van der Waals surface area contributed by atoms with Crippen LogP contribution in [-0.2, 0) is 10.0 Å². The number of aryl methyl sites for hydroxylation is 1. The van der Waals surface area contributed by atoms with E-state index < -0.39 is 10.0 Å². The Balaban J connectivity index is 1.65. The van der Waals surface area contributed by atoms with E-state index in [1.165, 1.54) is 30.3 Å². The first-order valence-corrected chi connectivity index (χ1v) is 11.1. The molecule has 2 aromatic rings. The zero-order valence-electron chi connectivity index (χ0n) is 16.7. The van der Waals surface area contributed by atoms with Crippen LogP contribution in [0.25, 0.3) is 0 Å². The number of benzene rings is 2. The summed E-state index contributed by atoms with van der Waals surface area (Å²) < 4.78 is 40.6. The van der Waals surface area contributed by atoms with E-state index in [0.29, 0.717) is 17.8 Å². The smallest absolute Gasteiger partial charge is 0.251 e. The number of sulfonamides is 1. The van der Waals surface area contributed by atoms with E-state index in [2.05, 4.69) is 16.0 Å². The van der Waals surface area contributed by atoms with Gasteiger partial charge in [0.25, 0.3) is 5.91 Å². The third-order valence-corrected chi connectivity index (χ3v) is 6.41. The molecule has 1 atom stereocenters. The molecule has 1 aliphatic rings. The molecule has 0 spiro atoms. The van der Waals surface area contributed by atoms with Gasteiger partial charge in [0.15, 0.2) is 0 Å². The van der Waals surface area contributed by atoms with Crippen molar-refractivity contribution in [1.29, 1.82) is 0 Å². The lowest BCUT2D eigenvalue weighted by Crippen LogP contribution is -2.48. The van der Waals surface area contributed by atoms with Crippen LogP contribution in [0.3, 0.4) is 0 Å². The van der Waals surface area contributed by atoms with E-state index in [0.717, 1.165) is 24.9 Å². The Morgan fingerprint density at radius 1 is 1.27 bits per heavy atom. The summed E-state index contributed by atoms with van der Waals surface area (Å²) in [5.74, 6) is 1.63. The molecule has 0 aliphatic carbocycles. The molecule has 2 N–H and O–H groups in total. The standard InChI is InChI=1S/C22H24FN3O3S/c1-3-12-24-30(28,29)19-9-7-17(8-10-19)22(27)25-18-5-4-13-26(15-18)21-14-16(2)6-11-20(21)23/h1,6-11,14,18,24H,4-5,12-13,15H2,2H3,(H,25,27). The molecule has 0 bridgehead atoms. The second-order valence-corrected chi connectivity index (χ2v) is 9.03. The van der Waals surface area contributed by atoms with Gasteiger partial charge in [-0.15, -0.1) is 6.42 Å². The van der Waals surface area contributed by atoms with Crippen molar-refractivity contribution in [2.75, 3.05) is 24.5 Å². The number of halogens is 1. The zero-order valence-corrected chi connectivity index (χ0v) is 17.5. The highest BCUT2D eigenvalue weighted by Gasteiger charge is 2.24. The lowest BCUT2D eigenvalue weighted by Gasteiger charge is -2.35. The van der Waals surface area contributed by atoms with Crippen LogP contribution in [0.1, 0.15) is 28.8 Å². The Labute approximate surface area is 176 Å². The highest BCUT2D eigenvalue weighted by atomic mass is 32.2. The minimum absolute atomic E-state index is 0.0352. The molecule has 30 heavy (non-hydrogen) atoms. The van der Waals surface area contributed by atoms with Gasteiger partial charge in [-0.2, -0.15) is 4.72 Å². The molecule has 2 aromatic carbocycles. The van der Waals surface area contributed by atoms with Crippen LogP contribution in [-0.4, -0.2) is 40.0 Å². The summed E-state index contributed by atoms with van der Waals surface area (Å²) in [6.45, 7) is 3.04. The molecule has 1 fully saturated rings. The van der Waals surface area contributed by atoms with E-state index in [4.69, 9.17) is 6.42 Å². The molecule has 158 valence electrons. The van der Waals surface area contributed by atoms with Gasteiger partial charge in [0.2, 0.25) is 10.0 Å². The Kier molecular flexibility index (Phi) is 6.75. The maximum Gasteiger partial charge on any atom is 0.251 e. The van der Waals surface area contributed by atoms with Crippen LogP contribution < -0.4 is 14.9 Å². The van der Waals surface area contributed by atoms with Crippen molar-refractivity contribution in [2.24, 2.45) is 0 Å². The number of hydrogen-bond donors (Lipinski definition) is 2. The van der Waals surface area contributed by atoms with Gasteiger partial charge >= 0.3 is 0 Å². The van der Waals surface area contributed by atoms with Gasteiger partial charge in [-0.1, -0.05) is 12.0 Å². The first-order chi connectivity index (χ1) is 14.3. The van der Waals surface area contributed by atoms with E-state index in [1.807, 2.05) is 17.9 Å². The Morgan fingerprint density at radius 3 is 2.70 bits per heavy atom. The predicted molar refractivity (Wildman–Crippen MR) is 114 cm³/mol. The fourth-order valence-electron chi connectivity index (χ4n) is 3.45. The van der Waals surface area contributed by atoms with Crippen LogP contribution in [0.4, 0.5) is 10.1 Å². The van der Waals surface area contributed by atoms with Crippen LogP contribution in [0.15, 0.2) is 47.4 Å². The van der Waals surface area contributed by atoms with Crippen molar-refractivity contribution < 1.29 is 17.6 Å².